The highest BCUT2D eigenvalue weighted by molar-refractivity contribution is 5.95. The molecule has 0 aliphatic heterocycles. The lowest BCUT2D eigenvalue weighted by Gasteiger charge is -2.13. The lowest BCUT2D eigenvalue weighted by atomic mass is 10.0. The zero-order valence-corrected chi connectivity index (χ0v) is 16.6. The van der Waals surface area contributed by atoms with E-state index in [1.165, 1.54) is 6.92 Å². The number of hydrogen-bond acceptors (Lipinski definition) is 5. The second kappa shape index (κ2) is 9.01. The molecule has 5 heteroatoms. The molecule has 0 aliphatic rings. The standard InChI is InChI=1S/C25H21N3O2/c1-18(29)21-17-26-25(28-23(21)16-19-10-4-2-5-11-19)27-22-14-8-9-15-24(22)30-20-12-6-3-7-13-20/h2-15,17H,16H2,1H3,(H,26,27,28). The first-order valence-corrected chi connectivity index (χ1v) is 9.69. The van der Waals surface area contributed by atoms with Gasteiger partial charge in [-0.2, -0.15) is 0 Å². The summed E-state index contributed by atoms with van der Waals surface area (Å²) < 4.78 is 6.00. The zero-order chi connectivity index (χ0) is 20.8. The first kappa shape index (κ1) is 19.3. The van der Waals surface area contributed by atoms with E-state index in [0.29, 0.717) is 29.4 Å². The Morgan fingerprint density at radius 2 is 1.57 bits per heavy atom. The van der Waals surface area contributed by atoms with Crippen molar-refractivity contribution in [2.75, 3.05) is 5.32 Å². The Balaban J connectivity index is 1.62. The molecule has 1 heterocycles. The zero-order valence-electron chi connectivity index (χ0n) is 16.6. The summed E-state index contributed by atoms with van der Waals surface area (Å²) in [5.41, 5.74) is 3.03. The number of carbonyl (C=O) groups is 1. The van der Waals surface area contributed by atoms with Gasteiger partial charge < -0.3 is 10.1 Å². The Morgan fingerprint density at radius 3 is 2.30 bits per heavy atom. The van der Waals surface area contributed by atoms with Crippen molar-refractivity contribution in [3.05, 3.63) is 108 Å². The van der Waals surface area contributed by atoms with Gasteiger partial charge in [-0.1, -0.05) is 60.7 Å². The van der Waals surface area contributed by atoms with Crippen LogP contribution in [0, 0.1) is 0 Å². The number of rotatable bonds is 7. The first-order valence-electron chi connectivity index (χ1n) is 9.69. The predicted octanol–water partition coefficient (Wildman–Crippen LogP) is 5.81. The number of aromatic nitrogens is 2. The maximum absolute atomic E-state index is 12.1. The number of carbonyl (C=O) groups excluding carboxylic acids is 1. The smallest absolute Gasteiger partial charge is 0.227 e. The van der Waals surface area contributed by atoms with Gasteiger partial charge in [-0.3, -0.25) is 4.79 Å². The molecule has 0 amide bonds. The van der Waals surface area contributed by atoms with E-state index in [1.807, 2.05) is 84.9 Å². The Labute approximate surface area is 175 Å². The third-order valence-corrected chi connectivity index (χ3v) is 4.57. The highest BCUT2D eigenvalue weighted by Gasteiger charge is 2.13. The number of ketones is 1. The van der Waals surface area contributed by atoms with Crippen LogP contribution in [0.5, 0.6) is 11.5 Å². The number of hydrogen-bond donors (Lipinski definition) is 1. The topological polar surface area (TPSA) is 64.1 Å². The van der Waals surface area contributed by atoms with E-state index in [1.54, 1.807) is 6.20 Å². The minimum Gasteiger partial charge on any atom is -0.455 e. The van der Waals surface area contributed by atoms with Crippen molar-refractivity contribution in [3.8, 4) is 11.5 Å². The van der Waals surface area contributed by atoms with Gasteiger partial charge in [-0.15, -0.1) is 0 Å². The number of anilines is 2. The average Bonchev–Trinajstić information content (AvgIpc) is 2.77. The molecule has 0 radical (unpaired) electrons. The van der Waals surface area contributed by atoms with Crippen LogP contribution in [0.1, 0.15) is 28.5 Å². The van der Waals surface area contributed by atoms with E-state index in [-0.39, 0.29) is 5.78 Å². The molecule has 0 saturated heterocycles. The fraction of sp³-hybridized carbons (Fsp3) is 0.0800. The van der Waals surface area contributed by atoms with Gasteiger partial charge in [0.25, 0.3) is 0 Å². The van der Waals surface area contributed by atoms with Crippen molar-refractivity contribution in [1.29, 1.82) is 0 Å². The monoisotopic (exact) mass is 395 g/mol. The van der Waals surface area contributed by atoms with Gasteiger partial charge in [0, 0.05) is 12.6 Å². The van der Waals surface area contributed by atoms with Crippen LogP contribution in [0.15, 0.2) is 91.1 Å². The summed E-state index contributed by atoms with van der Waals surface area (Å²) in [6, 6.07) is 27.1. The van der Waals surface area contributed by atoms with Crippen molar-refractivity contribution in [3.63, 3.8) is 0 Å². The molecule has 1 aromatic heterocycles. The van der Waals surface area contributed by atoms with Gasteiger partial charge in [0.1, 0.15) is 5.75 Å². The molecule has 148 valence electrons. The minimum atomic E-state index is -0.0553. The summed E-state index contributed by atoms with van der Waals surface area (Å²) >= 11 is 0. The molecule has 0 atom stereocenters. The predicted molar refractivity (Wildman–Crippen MR) is 118 cm³/mol. The maximum Gasteiger partial charge on any atom is 0.227 e. The van der Waals surface area contributed by atoms with Gasteiger partial charge in [0.15, 0.2) is 11.5 Å². The SMILES string of the molecule is CC(=O)c1cnc(Nc2ccccc2Oc2ccccc2)nc1Cc1ccccc1. The molecule has 0 unspecified atom stereocenters. The van der Waals surface area contributed by atoms with Gasteiger partial charge in [0.05, 0.1) is 16.9 Å². The van der Waals surface area contributed by atoms with Gasteiger partial charge in [-0.05, 0) is 36.8 Å². The number of ether oxygens (including phenoxy) is 1. The molecule has 0 spiro atoms. The van der Waals surface area contributed by atoms with Crippen LogP contribution in [0.3, 0.4) is 0 Å². The number of nitrogens with zero attached hydrogens (tertiary/aromatic N) is 2. The lowest BCUT2D eigenvalue weighted by Crippen LogP contribution is -2.08. The largest absolute Gasteiger partial charge is 0.455 e. The fourth-order valence-electron chi connectivity index (χ4n) is 3.09. The van der Waals surface area contributed by atoms with Crippen LogP contribution in [-0.2, 0) is 6.42 Å². The van der Waals surface area contributed by atoms with Crippen molar-refractivity contribution < 1.29 is 9.53 Å². The molecule has 0 saturated carbocycles. The molecule has 4 aromatic rings. The maximum atomic E-state index is 12.1. The van der Waals surface area contributed by atoms with Crippen molar-refractivity contribution in [2.24, 2.45) is 0 Å². The van der Waals surface area contributed by atoms with Gasteiger partial charge in [-0.25, -0.2) is 9.97 Å². The summed E-state index contributed by atoms with van der Waals surface area (Å²) in [7, 11) is 0. The summed E-state index contributed by atoms with van der Waals surface area (Å²) in [4.78, 5) is 21.0. The molecule has 0 bridgehead atoms. The third kappa shape index (κ3) is 4.70. The summed E-state index contributed by atoms with van der Waals surface area (Å²) in [5.74, 6) is 1.76. The second-order valence-electron chi connectivity index (χ2n) is 6.81. The van der Waals surface area contributed by atoms with Crippen LogP contribution in [0.2, 0.25) is 0 Å². The summed E-state index contributed by atoms with van der Waals surface area (Å²) in [6.45, 7) is 1.53. The van der Waals surface area contributed by atoms with E-state index in [2.05, 4.69) is 15.3 Å². The normalized spacial score (nSPS) is 10.4. The van der Waals surface area contributed by atoms with E-state index in [0.717, 1.165) is 17.0 Å². The average molecular weight is 395 g/mol. The number of nitrogens with one attached hydrogen (secondary N) is 1. The molecule has 30 heavy (non-hydrogen) atoms. The van der Waals surface area contributed by atoms with Crippen LogP contribution >= 0.6 is 0 Å². The fourth-order valence-corrected chi connectivity index (χ4v) is 3.09. The second-order valence-corrected chi connectivity index (χ2v) is 6.81. The molecule has 0 fully saturated rings. The van der Waals surface area contributed by atoms with Crippen molar-refractivity contribution in [2.45, 2.75) is 13.3 Å². The molecule has 1 N–H and O–H groups in total. The van der Waals surface area contributed by atoms with E-state index < -0.39 is 0 Å². The molecular weight excluding hydrogens is 374 g/mol. The molecule has 5 nitrogen and oxygen atoms in total. The van der Waals surface area contributed by atoms with Crippen LogP contribution in [0.25, 0.3) is 0 Å². The Hall–Kier alpha value is -3.99. The Kier molecular flexibility index (Phi) is 5.80. The Bertz CT molecular complexity index is 1150. The highest BCUT2D eigenvalue weighted by Crippen LogP contribution is 2.30. The quantitative estimate of drug-likeness (QED) is 0.400. The lowest BCUT2D eigenvalue weighted by molar-refractivity contribution is 0.101. The Morgan fingerprint density at radius 1 is 0.900 bits per heavy atom. The molecule has 3 aromatic carbocycles. The summed E-state index contributed by atoms with van der Waals surface area (Å²) in [6.07, 6.45) is 2.13. The number of Topliss-reactive ketones (excluding diaryl/α,β-unsaturated/α-hetero) is 1. The molecule has 0 aliphatic carbocycles. The minimum absolute atomic E-state index is 0.0553. The van der Waals surface area contributed by atoms with Crippen molar-refractivity contribution in [1.82, 2.24) is 9.97 Å². The van der Waals surface area contributed by atoms with Crippen LogP contribution in [0.4, 0.5) is 11.6 Å². The van der Waals surface area contributed by atoms with Crippen molar-refractivity contribution >= 4 is 17.4 Å². The number of para-hydroxylation sites is 3. The van der Waals surface area contributed by atoms with Gasteiger partial charge >= 0.3 is 0 Å². The highest BCUT2D eigenvalue weighted by atomic mass is 16.5. The first-order chi connectivity index (χ1) is 14.7. The van der Waals surface area contributed by atoms with E-state index in [4.69, 9.17) is 4.74 Å². The molecular formula is C25H21N3O2. The third-order valence-electron chi connectivity index (χ3n) is 4.57. The van der Waals surface area contributed by atoms with Crippen LogP contribution in [-0.4, -0.2) is 15.8 Å². The number of benzene rings is 3. The molecule has 4 rings (SSSR count). The van der Waals surface area contributed by atoms with Crippen LogP contribution < -0.4 is 10.1 Å². The summed E-state index contributed by atoms with van der Waals surface area (Å²) in [5, 5.41) is 3.23. The van der Waals surface area contributed by atoms with E-state index in [9.17, 15) is 4.79 Å². The van der Waals surface area contributed by atoms with E-state index >= 15 is 0 Å². The van der Waals surface area contributed by atoms with Gasteiger partial charge in [0.2, 0.25) is 5.95 Å².